The molecule has 1 unspecified atom stereocenters. The molecule has 0 aliphatic carbocycles. The number of hydrogen-bond donors (Lipinski definition) is 2. The molecule has 0 spiro atoms. The molecule has 130 valence electrons. The highest BCUT2D eigenvalue weighted by Crippen LogP contribution is 2.25. The number of carbonyl (C=O) groups excluding carboxylic acids is 1. The Bertz CT molecular complexity index is 703. The topological polar surface area (TPSA) is 80.0 Å². The van der Waals surface area contributed by atoms with Crippen LogP contribution in [0.1, 0.15) is 50.0 Å². The molecule has 24 heavy (non-hydrogen) atoms. The fourth-order valence-electron chi connectivity index (χ4n) is 2.07. The summed E-state index contributed by atoms with van der Waals surface area (Å²) >= 11 is 12.0. The van der Waals surface area contributed by atoms with E-state index in [0.717, 1.165) is 5.56 Å². The first-order chi connectivity index (χ1) is 11.4. The zero-order valence-corrected chi connectivity index (χ0v) is 15.3. The molecule has 0 aliphatic rings. The molecule has 1 atom stereocenters. The SMILES string of the molecule is CC(C)c1noc(CCNC(=O)NC(C)c2ccc(Cl)cc2Cl)n1. The molecule has 2 rings (SSSR count). The molecular formula is C16H20Cl2N4O2. The van der Waals surface area contributed by atoms with Crippen LogP contribution in [0.2, 0.25) is 10.0 Å². The molecule has 1 aromatic heterocycles. The fraction of sp³-hybridized carbons (Fsp3) is 0.438. The number of benzene rings is 1. The van der Waals surface area contributed by atoms with Crippen LogP contribution in [0.25, 0.3) is 0 Å². The van der Waals surface area contributed by atoms with Gasteiger partial charge in [-0.2, -0.15) is 4.98 Å². The lowest BCUT2D eigenvalue weighted by Crippen LogP contribution is -2.38. The van der Waals surface area contributed by atoms with E-state index in [2.05, 4.69) is 20.8 Å². The third kappa shape index (κ3) is 5.11. The largest absolute Gasteiger partial charge is 0.339 e. The van der Waals surface area contributed by atoms with E-state index in [1.54, 1.807) is 18.2 Å². The maximum absolute atomic E-state index is 12.0. The molecule has 0 saturated carbocycles. The molecule has 0 saturated heterocycles. The number of carbonyl (C=O) groups is 1. The minimum atomic E-state index is -0.294. The number of nitrogens with zero attached hydrogens (tertiary/aromatic N) is 2. The molecule has 2 amide bonds. The Kier molecular flexibility index (Phi) is 6.45. The summed E-state index contributed by atoms with van der Waals surface area (Å²) in [5.41, 5.74) is 0.801. The van der Waals surface area contributed by atoms with Crippen LogP contribution in [-0.2, 0) is 6.42 Å². The van der Waals surface area contributed by atoms with Gasteiger partial charge in [0.15, 0.2) is 5.82 Å². The summed E-state index contributed by atoms with van der Waals surface area (Å²) in [6.07, 6.45) is 0.475. The molecule has 0 bridgehead atoms. The van der Waals surface area contributed by atoms with E-state index in [4.69, 9.17) is 27.7 Å². The minimum absolute atomic E-state index is 0.212. The summed E-state index contributed by atoms with van der Waals surface area (Å²) < 4.78 is 5.12. The van der Waals surface area contributed by atoms with Gasteiger partial charge in [-0.3, -0.25) is 0 Å². The Morgan fingerprint density at radius 3 is 2.67 bits per heavy atom. The van der Waals surface area contributed by atoms with Crippen LogP contribution in [0.3, 0.4) is 0 Å². The lowest BCUT2D eigenvalue weighted by atomic mass is 10.1. The number of hydrogen-bond acceptors (Lipinski definition) is 4. The van der Waals surface area contributed by atoms with E-state index in [1.165, 1.54) is 0 Å². The highest BCUT2D eigenvalue weighted by molar-refractivity contribution is 6.35. The quantitative estimate of drug-likeness (QED) is 0.801. The highest BCUT2D eigenvalue weighted by atomic mass is 35.5. The van der Waals surface area contributed by atoms with E-state index in [1.807, 2.05) is 20.8 Å². The zero-order valence-electron chi connectivity index (χ0n) is 13.8. The maximum atomic E-state index is 12.0. The summed E-state index contributed by atoms with van der Waals surface area (Å²) in [5, 5.41) is 10.5. The Morgan fingerprint density at radius 2 is 2.04 bits per heavy atom. The average molecular weight is 371 g/mol. The second-order valence-corrected chi connectivity index (χ2v) is 6.58. The van der Waals surface area contributed by atoms with E-state index < -0.39 is 0 Å². The summed E-state index contributed by atoms with van der Waals surface area (Å²) in [4.78, 5) is 16.2. The molecular weight excluding hydrogens is 351 g/mol. The van der Waals surface area contributed by atoms with Gasteiger partial charge < -0.3 is 15.2 Å². The van der Waals surface area contributed by atoms with E-state index in [-0.39, 0.29) is 18.0 Å². The van der Waals surface area contributed by atoms with Gasteiger partial charge in [0.05, 0.1) is 6.04 Å². The van der Waals surface area contributed by atoms with Gasteiger partial charge in [0.2, 0.25) is 5.89 Å². The molecule has 2 aromatic rings. The zero-order chi connectivity index (χ0) is 17.7. The number of amides is 2. The molecule has 2 N–H and O–H groups in total. The van der Waals surface area contributed by atoms with Crippen LogP contribution in [0.15, 0.2) is 22.7 Å². The normalized spacial score (nSPS) is 12.2. The van der Waals surface area contributed by atoms with Crippen LogP contribution in [0.4, 0.5) is 4.79 Å². The van der Waals surface area contributed by atoms with E-state index >= 15 is 0 Å². The lowest BCUT2D eigenvalue weighted by Gasteiger charge is -2.16. The second-order valence-electron chi connectivity index (χ2n) is 5.74. The molecule has 6 nitrogen and oxygen atoms in total. The van der Waals surface area contributed by atoms with Crippen molar-refractivity contribution in [2.45, 2.75) is 39.2 Å². The molecule has 1 heterocycles. The third-order valence-electron chi connectivity index (χ3n) is 3.40. The van der Waals surface area contributed by atoms with E-state index in [0.29, 0.717) is 34.7 Å². The van der Waals surface area contributed by atoms with Crippen LogP contribution in [-0.4, -0.2) is 22.7 Å². The first kappa shape index (κ1) is 18.5. The number of nitrogens with one attached hydrogen (secondary N) is 2. The Labute approximate surface area is 150 Å². The van der Waals surface area contributed by atoms with Crippen molar-refractivity contribution < 1.29 is 9.32 Å². The number of halogens is 2. The van der Waals surface area contributed by atoms with Crippen molar-refractivity contribution in [3.05, 3.63) is 45.5 Å². The summed E-state index contributed by atoms with van der Waals surface area (Å²) in [6.45, 7) is 6.22. The Morgan fingerprint density at radius 1 is 1.29 bits per heavy atom. The first-order valence-corrected chi connectivity index (χ1v) is 8.44. The van der Waals surface area contributed by atoms with Gasteiger partial charge in [0, 0.05) is 28.9 Å². The van der Waals surface area contributed by atoms with Gasteiger partial charge in [-0.05, 0) is 24.6 Å². The lowest BCUT2D eigenvalue weighted by molar-refractivity contribution is 0.237. The minimum Gasteiger partial charge on any atom is -0.339 e. The Hall–Kier alpha value is -1.79. The summed E-state index contributed by atoms with van der Waals surface area (Å²) in [6, 6.07) is 4.64. The van der Waals surface area contributed by atoms with Crippen molar-refractivity contribution in [2.75, 3.05) is 6.54 Å². The summed E-state index contributed by atoms with van der Waals surface area (Å²) in [5.74, 6) is 1.39. The first-order valence-electron chi connectivity index (χ1n) is 7.68. The van der Waals surface area contributed by atoms with Crippen LogP contribution >= 0.6 is 23.2 Å². The second kappa shape index (κ2) is 8.35. The van der Waals surface area contributed by atoms with Gasteiger partial charge >= 0.3 is 6.03 Å². The third-order valence-corrected chi connectivity index (χ3v) is 3.96. The van der Waals surface area contributed by atoms with Crippen LogP contribution < -0.4 is 10.6 Å². The fourth-order valence-corrected chi connectivity index (χ4v) is 2.64. The summed E-state index contributed by atoms with van der Waals surface area (Å²) in [7, 11) is 0. The van der Waals surface area contributed by atoms with Crippen LogP contribution in [0.5, 0.6) is 0 Å². The number of urea groups is 1. The van der Waals surface area contributed by atoms with Crippen molar-refractivity contribution in [2.24, 2.45) is 0 Å². The molecule has 0 radical (unpaired) electrons. The predicted molar refractivity (Wildman–Crippen MR) is 93.5 cm³/mol. The van der Waals surface area contributed by atoms with Crippen LogP contribution in [0, 0.1) is 0 Å². The molecule has 1 aromatic carbocycles. The molecule has 0 aliphatic heterocycles. The van der Waals surface area contributed by atoms with Gasteiger partial charge in [-0.25, -0.2) is 4.79 Å². The van der Waals surface area contributed by atoms with Crippen molar-refractivity contribution in [3.63, 3.8) is 0 Å². The maximum Gasteiger partial charge on any atom is 0.315 e. The number of rotatable bonds is 6. The van der Waals surface area contributed by atoms with Gasteiger partial charge in [-0.1, -0.05) is 48.3 Å². The van der Waals surface area contributed by atoms with Crippen molar-refractivity contribution in [3.8, 4) is 0 Å². The predicted octanol–water partition coefficient (Wildman–Crippen LogP) is 4.10. The van der Waals surface area contributed by atoms with Crippen molar-refractivity contribution in [1.29, 1.82) is 0 Å². The van der Waals surface area contributed by atoms with Gasteiger partial charge in [0.25, 0.3) is 0 Å². The van der Waals surface area contributed by atoms with Gasteiger partial charge in [0.1, 0.15) is 0 Å². The van der Waals surface area contributed by atoms with Crippen molar-refractivity contribution in [1.82, 2.24) is 20.8 Å². The molecule has 0 fully saturated rings. The average Bonchev–Trinajstić information content (AvgIpc) is 2.96. The van der Waals surface area contributed by atoms with Gasteiger partial charge in [-0.15, -0.1) is 0 Å². The highest BCUT2D eigenvalue weighted by Gasteiger charge is 2.13. The smallest absolute Gasteiger partial charge is 0.315 e. The monoisotopic (exact) mass is 370 g/mol. The van der Waals surface area contributed by atoms with E-state index in [9.17, 15) is 4.79 Å². The Balaban J connectivity index is 1.80. The number of aromatic nitrogens is 2. The molecule has 8 heteroatoms. The van der Waals surface area contributed by atoms with Crippen molar-refractivity contribution >= 4 is 29.2 Å². The standard InChI is InChI=1S/C16H20Cl2N4O2/c1-9(2)15-21-14(24-22-15)6-7-19-16(23)20-10(3)12-5-4-11(17)8-13(12)18/h4-5,8-10H,6-7H2,1-3H3,(H2,19,20,23).